The second-order valence-corrected chi connectivity index (χ2v) is 4.76. The van der Waals surface area contributed by atoms with Crippen molar-refractivity contribution >= 4 is 0 Å². The van der Waals surface area contributed by atoms with Crippen molar-refractivity contribution in [2.24, 2.45) is 5.92 Å². The monoisotopic (exact) mass is 222 g/mol. The highest BCUT2D eigenvalue weighted by atomic mass is 15.1. The molecule has 1 saturated heterocycles. The summed E-state index contributed by atoms with van der Waals surface area (Å²) < 4.78 is 2.14. The largest absolute Gasteiger partial charge is 0.336 e. The fourth-order valence-electron chi connectivity index (χ4n) is 2.30. The molecule has 1 fully saturated rings. The molecule has 0 saturated carbocycles. The van der Waals surface area contributed by atoms with Gasteiger partial charge in [0.05, 0.1) is 6.33 Å². The molecule has 0 bridgehead atoms. The van der Waals surface area contributed by atoms with Gasteiger partial charge in [-0.25, -0.2) is 4.98 Å². The molecular formula is C12H22N4. The third-order valence-electron chi connectivity index (χ3n) is 3.33. The molecule has 0 atom stereocenters. The van der Waals surface area contributed by atoms with Crippen LogP contribution in [0.1, 0.15) is 12.8 Å². The number of piperidine rings is 1. The summed E-state index contributed by atoms with van der Waals surface area (Å²) in [5.41, 5.74) is 0. The third kappa shape index (κ3) is 3.61. The molecule has 4 nitrogen and oxygen atoms in total. The van der Waals surface area contributed by atoms with Crippen molar-refractivity contribution in [3.05, 3.63) is 18.7 Å². The first-order valence-electron chi connectivity index (χ1n) is 6.19. The van der Waals surface area contributed by atoms with E-state index in [0.29, 0.717) is 0 Å². The highest BCUT2D eigenvalue weighted by molar-refractivity contribution is 4.75. The molecule has 0 unspecified atom stereocenters. The van der Waals surface area contributed by atoms with Crippen LogP contribution in [0.5, 0.6) is 0 Å². The van der Waals surface area contributed by atoms with E-state index < -0.39 is 0 Å². The van der Waals surface area contributed by atoms with Crippen LogP contribution in [0.3, 0.4) is 0 Å². The van der Waals surface area contributed by atoms with Gasteiger partial charge in [-0.3, -0.25) is 0 Å². The molecule has 1 aromatic heterocycles. The zero-order chi connectivity index (χ0) is 11.2. The van der Waals surface area contributed by atoms with Gasteiger partial charge in [-0.1, -0.05) is 0 Å². The smallest absolute Gasteiger partial charge is 0.0946 e. The minimum absolute atomic E-state index is 0.883. The molecule has 0 aliphatic carbocycles. The molecule has 0 aromatic carbocycles. The lowest BCUT2D eigenvalue weighted by molar-refractivity contribution is 0.234. The summed E-state index contributed by atoms with van der Waals surface area (Å²) in [4.78, 5) is 6.49. The lowest BCUT2D eigenvalue weighted by atomic mass is 9.98. The first-order chi connectivity index (χ1) is 7.84. The number of nitrogens with one attached hydrogen (secondary N) is 1. The van der Waals surface area contributed by atoms with Crippen LogP contribution < -0.4 is 5.32 Å². The number of hydrogen-bond acceptors (Lipinski definition) is 3. The van der Waals surface area contributed by atoms with Gasteiger partial charge >= 0.3 is 0 Å². The molecule has 90 valence electrons. The Morgan fingerprint density at radius 3 is 2.94 bits per heavy atom. The lowest BCUT2D eigenvalue weighted by Crippen LogP contribution is -2.35. The number of imidazole rings is 1. The normalized spacial score (nSPS) is 18.1. The highest BCUT2D eigenvalue weighted by Gasteiger charge is 2.14. The Balaban J connectivity index is 1.65. The fraction of sp³-hybridized carbons (Fsp3) is 0.750. The van der Waals surface area contributed by atoms with E-state index in [2.05, 4.69) is 26.8 Å². The minimum Gasteiger partial charge on any atom is -0.336 e. The van der Waals surface area contributed by atoms with Crippen LogP contribution >= 0.6 is 0 Å². The van der Waals surface area contributed by atoms with Crippen molar-refractivity contribution in [1.29, 1.82) is 0 Å². The lowest BCUT2D eigenvalue weighted by Gasteiger charge is -2.27. The van der Waals surface area contributed by atoms with E-state index in [4.69, 9.17) is 0 Å². The average Bonchev–Trinajstić information content (AvgIpc) is 2.81. The van der Waals surface area contributed by atoms with Gasteiger partial charge in [0.25, 0.3) is 0 Å². The van der Waals surface area contributed by atoms with E-state index in [1.807, 2.05) is 18.7 Å². The second-order valence-electron chi connectivity index (χ2n) is 4.76. The maximum absolute atomic E-state index is 4.05. The van der Waals surface area contributed by atoms with E-state index in [-0.39, 0.29) is 0 Å². The van der Waals surface area contributed by atoms with Crippen LogP contribution in [0.15, 0.2) is 18.7 Å². The molecule has 1 aliphatic rings. The summed E-state index contributed by atoms with van der Waals surface area (Å²) in [5.74, 6) is 0.883. The van der Waals surface area contributed by atoms with Gasteiger partial charge in [0.15, 0.2) is 0 Å². The number of aromatic nitrogens is 2. The molecule has 1 aliphatic heterocycles. The topological polar surface area (TPSA) is 33.1 Å². The Morgan fingerprint density at radius 1 is 1.44 bits per heavy atom. The number of nitrogens with zero attached hydrogens (tertiary/aromatic N) is 3. The SMILES string of the molecule is CN(CCn1ccnc1)CC1CCNCC1. The molecule has 0 amide bonds. The minimum atomic E-state index is 0.883. The number of hydrogen-bond donors (Lipinski definition) is 1. The fourth-order valence-corrected chi connectivity index (χ4v) is 2.30. The molecular weight excluding hydrogens is 200 g/mol. The first kappa shape index (κ1) is 11.6. The van der Waals surface area contributed by atoms with Gasteiger partial charge in [-0.05, 0) is 38.9 Å². The summed E-state index contributed by atoms with van der Waals surface area (Å²) in [6, 6.07) is 0. The van der Waals surface area contributed by atoms with E-state index in [9.17, 15) is 0 Å². The molecule has 2 rings (SSSR count). The molecule has 0 radical (unpaired) electrons. The number of rotatable bonds is 5. The maximum Gasteiger partial charge on any atom is 0.0946 e. The summed E-state index contributed by atoms with van der Waals surface area (Å²) in [5, 5.41) is 3.41. The molecule has 0 spiro atoms. The van der Waals surface area contributed by atoms with Crippen molar-refractivity contribution in [2.75, 3.05) is 33.2 Å². The van der Waals surface area contributed by atoms with Crippen LogP contribution in [0.2, 0.25) is 0 Å². The van der Waals surface area contributed by atoms with Crippen molar-refractivity contribution in [3.8, 4) is 0 Å². The zero-order valence-corrected chi connectivity index (χ0v) is 10.1. The van der Waals surface area contributed by atoms with Gasteiger partial charge in [0.2, 0.25) is 0 Å². The van der Waals surface area contributed by atoms with E-state index >= 15 is 0 Å². The van der Waals surface area contributed by atoms with Crippen LogP contribution in [0.25, 0.3) is 0 Å². The van der Waals surface area contributed by atoms with Gasteiger partial charge in [0, 0.05) is 32.0 Å². The van der Waals surface area contributed by atoms with Gasteiger partial charge in [-0.15, -0.1) is 0 Å². The van der Waals surface area contributed by atoms with Crippen LogP contribution in [-0.4, -0.2) is 47.7 Å². The van der Waals surface area contributed by atoms with Gasteiger partial charge < -0.3 is 14.8 Å². The van der Waals surface area contributed by atoms with Crippen LogP contribution in [0, 0.1) is 5.92 Å². The summed E-state index contributed by atoms with van der Waals surface area (Å²) in [7, 11) is 2.22. The predicted octanol–water partition coefficient (Wildman–Crippen LogP) is 0.815. The van der Waals surface area contributed by atoms with Gasteiger partial charge in [-0.2, -0.15) is 0 Å². The first-order valence-corrected chi connectivity index (χ1v) is 6.19. The second kappa shape index (κ2) is 6.01. The predicted molar refractivity (Wildman–Crippen MR) is 65.3 cm³/mol. The summed E-state index contributed by atoms with van der Waals surface area (Å²) in [6.45, 7) is 5.78. The van der Waals surface area contributed by atoms with Crippen molar-refractivity contribution in [1.82, 2.24) is 19.8 Å². The molecule has 4 heteroatoms. The van der Waals surface area contributed by atoms with E-state index in [0.717, 1.165) is 19.0 Å². The van der Waals surface area contributed by atoms with E-state index in [1.165, 1.54) is 32.5 Å². The Hall–Kier alpha value is -0.870. The van der Waals surface area contributed by atoms with E-state index in [1.54, 1.807) is 0 Å². The molecule has 16 heavy (non-hydrogen) atoms. The summed E-state index contributed by atoms with van der Waals surface area (Å²) in [6.07, 6.45) is 8.41. The van der Waals surface area contributed by atoms with Crippen LogP contribution in [-0.2, 0) is 6.54 Å². The van der Waals surface area contributed by atoms with Crippen molar-refractivity contribution in [2.45, 2.75) is 19.4 Å². The maximum atomic E-state index is 4.05. The molecule has 2 heterocycles. The Labute approximate surface area is 97.7 Å². The molecule has 1 aromatic rings. The third-order valence-corrected chi connectivity index (χ3v) is 3.33. The Bertz CT molecular complexity index is 277. The standard InChI is InChI=1S/C12H22N4/c1-15(8-9-16-7-6-14-11-16)10-12-2-4-13-5-3-12/h6-7,11-13H,2-5,8-10H2,1H3. The highest BCUT2D eigenvalue weighted by Crippen LogP contribution is 2.12. The number of likely N-dealkylation sites (N-methyl/N-ethyl adjacent to an activating group) is 1. The van der Waals surface area contributed by atoms with Crippen molar-refractivity contribution in [3.63, 3.8) is 0 Å². The summed E-state index contributed by atoms with van der Waals surface area (Å²) >= 11 is 0. The van der Waals surface area contributed by atoms with Crippen molar-refractivity contribution < 1.29 is 0 Å². The average molecular weight is 222 g/mol. The molecule has 1 N–H and O–H groups in total. The van der Waals surface area contributed by atoms with Crippen LogP contribution in [0.4, 0.5) is 0 Å². The van der Waals surface area contributed by atoms with Gasteiger partial charge in [0.1, 0.15) is 0 Å². The Morgan fingerprint density at radius 2 is 2.25 bits per heavy atom. The zero-order valence-electron chi connectivity index (χ0n) is 10.1. The Kier molecular flexibility index (Phi) is 4.36. The quantitative estimate of drug-likeness (QED) is 0.800.